The molecule has 4 rings (SSSR count). The summed E-state index contributed by atoms with van der Waals surface area (Å²) in [4.78, 5) is 32.3. The van der Waals surface area contributed by atoms with Gasteiger partial charge in [-0.25, -0.2) is 0 Å². The van der Waals surface area contributed by atoms with E-state index in [0.717, 1.165) is 15.3 Å². The van der Waals surface area contributed by atoms with Crippen LogP contribution in [0, 0.1) is 0 Å². The van der Waals surface area contributed by atoms with Crippen LogP contribution in [0.15, 0.2) is 41.5 Å². The van der Waals surface area contributed by atoms with Gasteiger partial charge in [0.15, 0.2) is 0 Å². The van der Waals surface area contributed by atoms with Gasteiger partial charge >= 0.3 is 0 Å². The molecule has 1 aliphatic rings. The van der Waals surface area contributed by atoms with Crippen molar-refractivity contribution in [1.82, 2.24) is 9.97 Å². The van der Waals surface area contributed by atoms with Crippen LogP contribution in [0.5, 0.6) is 5.75 Å². The van der Waals surface area contributed by atoms with Crippen molar-refractivity contribution >= 4 is 17.2 Å². The van der Waals surface area contributed by atoms with Crippen LogP contribution in [-0.2, 0) is 6.42 Å². The number of hydrogen-bond donors (Lipinski definition) is 2. The van der Waals surface area contributed by atoms with Crippen LogP contribution in [0.1, 0.15) is 15.9 Å². The quantitative estimate of drug-likeness (QED) is 0.748. The SMILES string of the molecule is NC(=O)c1cnc2c(c1)OCCc1cc(-c3ccc[nH]c3=O)sc1-2. The van der Waals surface area contributed by atoms with E-state index in [2.05, 4.69) is 9.97 Å². The average Bonchev–Trinajstić information content (AvgIpc) is 2.91. The van der Waals surface area contributed by atoms with Crippen LogP contribution in [0.25, 0.3) is 21.0 Å². The lowest BCUT2D eigenvalue weighted by Crippen LogP contribution is -2.11. The molecule has 24 heavy (non-hydrogen) atoms. The number of amides is 1. The molecule has 3 N–H and O–H groups in total. The first kappa shape index (κ1) is 14.6. The molecule has 3 aromatic heterocycles. The summed E-state index contributed by atoms with van der Waals surface area (Å²) >= 11 is 1.49. The second kappa shape index (κ2) is 5.61. The molecule has 0 aliphatic carbocycles. The Hall–Kier alpha value is -2.93. The van der Waals surface area contributed by atoms with Crippen LogP contribution in [0.4, 0.5) is 0 Å². The summed E-state index contributed by atoms with van der Waals surface area (Å²) in [6, 6.07) is 7.22. The molecule has 4 heterocycles. The minimum Gasteiger partial charge on any atom is -0.491 e. The van der Waals surface area contributed by atoms with E-state index in [4.69, 9.17) is 10.5 Å². The number of nitrogens with two attached hydrogens (primary N) is 1. The van der Waals surface area contributed by atoms with E-state index in [9.17, 15) is 9.59 Å². The molecule has 0 radical (unpaired) electrons. The Balaban J connectivity index is 1.87. The predicted octanol–water partition coefficient (Wildman–Crippen LogP) is 2.20. The Morgan fingerprint density at radius 1 is 1.38 bits per heavy atom. The maximum absolute atomic E-state index is 12.0. The first-order valence-corrected chi connectivity index (χ1v) is 8.19. The number of aromatic nitrogens is 2. The molecular formula is C17H13N3O3S. The smallest absolute Gasteiger partial charge is 0.256 e. The minimum absolute atomic E-state index is 0.123. The molecule has 0 atom stereocenters. The van der Waals surface area contributed by atoms with E-state index in [1.54, 1.807) is 24.4 Å². The van der Waals surface area contributed by atoms with E-state index in [-0.39, 0.29) is 5.56 Å². The molecular weight excluding hydrogens is 326 g/mol. The summed E-state index contributed by atoms with van der Waals surface area (Å²) in [7, 11) is 0. The molecule has 1 aliphatic heterocycles. The Morgan fingerprint density at radius 3 is 3.04 bits per heavy atom. The summed E-state index contributed by atoms with van der Waals surface area (Å²) in [6.07, 6.45) is 3.77. The molecule has 0 saturated heterocycles. The maximum Gasteiger partial charge on any atom is 0.256 e. The van der Waals surface area contributed by atoms with E-state index >= 15 is 0 Å². The zero-order chi connectivity index (χ0) is 16.7. The van der Waals surface area contributed by atoms with Crippen molar-refractivity contribution in [3.63, 3.8) is 0 Å². The highest BCUT2D eigenvalue weighted by Crippen LogP contribution is 2.42. The van der Waals surface area contributed by atoms with Gasteiger partial charge in [0, 0.05) is 23.7 Å². The van der Waals surface area contributed by atoms with E-state index in [1.807, 2.05) is 6.07 Å². The van der Waals surface area contributed by atoms with Crippen molar-refractivity contribution in [2.24, 2.45) is 5.73 Å². The Bertz CT molecular complexity index is 1010. The Kier molecular flexibility index (Phi) is 3.42. The molecule has 6 nitrogen and oxygen atoms in total. The number of thiophene rings is 1. The minimum atomic E-state index is -0.541. The zero-order valence-corrected chi connectivity index (χ0v) is 13.4. The van der Waals surface area contributed by atoms with Gasteiger partial charge in [0.2, 0.25) is 5.91 Å². The molecule has 0 bridgehead atoms. The number of H-pyrrole nitrogens is 1. The van der Waals surface area contributed by atoms with Gasteiger partial charge in [0.05, 0.1) is 22.6 Å². The second-order valence-corrected chi connectivity index (χ2v) is 6.46. The molecule has 0 fully saturated rings. The Labute approximate surface area is 140 Å². The van der Waals surface area contributed by atoms with Crippen LogP contribution in [0.3, 0.4) is 0 Å². The number of primary amides is 1. The van der Waals surface area contributed by atoms with Gasteiger partial charge in [-0.15, -0.1) is 11.3 Å². The van der Waals surface area contributed by atoms with Crippen LogP contribution < -0.4 is 16.0 Å². The molecule has 1 amide bonds. The third kappa shape index (κ3) is 2.39. The van der Waals surface area contributed by atoms with Crippen molar-refractivity contribution in [1.29, 1.82) is 0 Å². The number of hydrogen-bond acceptors (Lipinski definition) is 5. The lowest BCUT2D eigenvalue weighted by atomic mass is 10.1. The van der Waals surface area contributed by atoms with Gasteiger partial charge in [-0.3, -0.25) is 14.6 Å². The maximum atomic E-state index is 12.0. The van der Waals surface area contributed by atoms with Crippen LogP contribution >= 0.6 is 11.3 Å². The fraction of sp³-hybridized carbons (Fsp3) is 0.118. The largest absolute Gasteiger partial charge is 0.491 e. The highest BCUT2D eigenvalue weighted by molar-refractivity contribution is 7.19. The molecule has 3 aromatic rings. The molecule has 120 valence electrons. The van der Waals surface area contributed by atoms with Crippen molar-refractivity contribution in [2.75, 3.05) is 6.61 Å². The predicted molar refractivity (Wildman–Crippen MR) is 91.3 cm³/mol. The van der Waals surface area contributed by atoms with E-state index in [1.165, 1.54) is 17.5 Å². The van der Waals surface area contributed by atoms with Crippen molar-refractivity contribution < 1.29 is 9.53 Å². The fourth-order valence-corrected chi connectivity index (χ4v) is 3.93. The lowest BCUT2D eigenvalue weighted by Gasteiger charge is -2.07. The molecule has 0 spiro atoms. The summed E-state index contributed by atoms with van der Waals surface area (Å²) in [5, 5.41) is 0. The third-order valence-electron chi connectivity index (χ3n) is 3.87. The molecule has 0 aromatic carbocycles. The highest BCUT2D eigenvalue weighted by atomic mass is 32.1. The number of carbonyl (C=O) groups is 1. The number of pyridine rings is 2. The number of nitrogens with zero attached hydrogens (tertiary/aromatic N) is 1. The van der Waals surface area contributed by atoms with Gasteiger partial charge < -0.3 is 15.5 Å². The normalized spacial score (nSPS) is 12.7. The van der Waals surface area contributed by atoms with Gasteiger partial charge in [-0.05, 0) is 29.8 Å². The third-order valence-corrected chi connectivity index (χ3v) is 5.09. The molecule has 7 heteroatoms. The number of aromatic amines is 1. The lowest BCUT2D eigenvalue weighted by molar-refractivity contribution is 0.0999. The van der Waals surface area contributed by atoms with E-state index in [0.29, 0.717) is 35.6 Å². The van der Waals surface area contributed by atoms with Crippen LogP contribution in [0.2, 0.25) is 0 Å². The Morgan fingerprint density at radius 2 is 2.25 bits per heavy atom. The number of carbonyl (C=O) groups excluding carboxylic acids is 1. The highest BCUT2D eigenvalue weighted by Gasteiger charge is 2.22. The van der Waals surface area contributed by atoms with Crippen molar-refractivity contribution in [3.05, 3.63) is 58.1 Å². The van der Waals surface area contributed by atoms with Crippen molar-refractivity contribution in [3.8, 4) is 26.8 Å². The van der Waals surface area contributed by atoms with Crippen molar-refractivity contribution in [2.45, 2.75) is 6.42 Å². The van der Waals surface area contributed by atoms with Gasteiger partial charge in [0.1, 0.15) is 11.4 Å². The fourth-order valence-electron chi connectivity index (χ4n) is 2.69. The van der Waals surface area contributed by atoms with Crippen LogP contribution in [-0.4, -0.2) is 22.5 Å². The second-order valence-electron chi connectivity index (χ2n) is 5.41. The topological polar surface area (TPSA) is 98.1 Å². The number of rotatable bonds is 2. The van der Waals surface area contributed by atoms with Gasteiger partial charge in [-0.1, -0.05) is 0 Å². The summed E-state index contributed by atoms with van der Waals surface area (Å²) in [5.74, 6) is 0.00137. The van der Waals surface area contributed by atoms with E-state index < -0.39 is 5.91 Å². The zero-order valence-electron chi connectivity index (χ0n) is 12.5. The number of fused-ring (bicyclic) bond motifs is 3. The summed E-state index contributed by atoms with van der Waals surface area (Å²) in [6.45, 7) is 0.477. The summed E-state index contributed by atoms with van der Waals surface area (Å²) < 4.78 is 5.72. The number of nitrogens with one attached hydrogen (secondary N) is 1. The first-order chi connectivity index (χ1) is 11.6. The first-order valence-electron chi connectivity index (χ1n) is 7.37. The monoisotopic (exact) mass is 339 g/mol. The molecule has 0 unspecified atom stereocenters. The number of ether oxygens (including phenoxy) is 1. The average molecular weight is 339 g/mol. The van der Waals surface area contributed by atoms with Gasteiger partial charge in [-0.2, -0.15) is 0 Å². The summed E-state index contributed by atoms with van der Waals surface area (Å²) in [5.41, 5.74) is 7.89. The molecule has 0 saturated carbocycles. The van der Waals surface area contributed by atoms with Gasteiger partial charge in [0.25, 0.3) is 5.56 Å². The standard InChI is InChI=1S/C17H13N3O3S/c18-16(21)10-6-12-14(20-8-10)15-9(3-5-23-12)7-13(24-15)11-2-1-4-19-17(11)22/h1-2,4,6-8H,3,5H2,(H2,18,21)(H,19,22).